The molecule has 6 unspecified atom stereocenters. The Bertz CT molecular complexity index is 829. The normalized spacial score (nSPS) is 16.4. The lowest BCUT2D eigenvalue weighted by atomic mass is 10.1. The van der Waals surface area contributed by atoms with Gasteiger partial charge in [0.2, 0.25) is 17.7 Å². The molecule has 0 saturated carbocycles. The SMILES string of the molecule is CC(O)C(NC(=O)C(NC(=O)C(CO)NC(=O)C(N)Cc1ccc(O)cc1)C(C)O)C(=O)O. The molecule has 6 atom stereocenters. The summed E-state index contributed by atoms with van der Waals surface area (Å²) in [6.45, 7) is 1.43. The van der Waals surface area contributed by atoms with Crippen molar-refractivity contribution in [1.82, 2.24) is 16.0 Å². The highest BCUT2D eigenvalue weighted by Gasteiger charge is 2.33. The van der Waals surface area contributed by atoms with Gasteiger partial charge in [-0.2, -0.15) is 0 Å². The molecule has 0 aliphatic heterocycles. The summed E-state index contributed by atoms with van der Waals surface area (Å²) in [5.41, 5.74) is 6.46. The van der Waals surface area contributed by atoms with Gasteiger partial charge in [-0.05, 0) is 38.0 Å². The minimum absolute atomic E-state index is 0.0358. The number of carbonyl (C=O) groups excluding carboxylic acids is 3. The first-order valence-corrected chi connectivity index (χ1v) is 10.0. The van der Waals surface area contributed by atoms with E-state index in [1.807, 2.05) is 5.32 Å². The Morgan fingerprint density at radius 1 is 0.879 bits per heavy atom. The Morgan fingerprint density at radius 3 is 1.85 bits per heavy atom. The van der Waals surface area contributed by atoms with E-state index in [4.69, 9.17) is 10.8 Å². The van der Waals surface area contributed by atoms with Crippen molar-refractivity contribution < 1.29 is 44.7 Å². The molecule has 3 amide bonds. The van der Waals surface area contributed by atoms with Crippen LogP contribution in [0.5, 0.6) is 5.75 Å². The first kappa shape index (κ1) is 27.8. The third-order valence-electron chi connectivity index (χ3n) is 4.65. The molecule has 0 saturated heterocycles. The van der Waals surface area contributed by atoms with Crippen molar-refractivity contribution in [3.63, 3.8) is 0 Å². The molecule has 13 heteroatoms. The van der Waals surface area contributed by atoms with Crippen molar-refractivity contribution in [3.05, 3.63) is 29.8 Å². The predicted molar refractivity (Wildman–Crippen MR) is 114 cm³/mol. The summed E-state index contributed by atoms with van der Waals surface area (Å²) in [6.07, 6.45) is -2.87. The van der Waals surface area contributed by atoms with Crippen LogP contribution in [0.2, 0.25) is 0 Å². The molecular formula is C20H30N4O9. The van der Waals surface area contributed by atoms with E-state index in [1.54, 1.807) is 12.1 Å². The number of nitrogens with one attached hydrogen (secondary N) is 3. The highest BCUT2D eigenvalue weighted by Crippen LogP contribution is 2.11. The average molecular weight is 470 g/mol. The zero-order valence-electron chi connectivity index (χ0n) is 18.1. The fourth-order valence-corrected chi connectivity index (χ4v) is 2.74. The smallest absolute Gasteiger partial charge is 0.328 e. The standard InChI is InChI=1S/C20H30N4O9/c1-9(26)15(19(31)24-16(10(2)27)20(32)33)23-18(30)14(8-25)22-17(29)13(21)7-11-3-5-12(28)6-4-11/h3-6,9-10,13-16,25-28H,7-8,21H2,1-2H3,(H,22,29)(H,23,30)(H,24,31)(H,32,33). The lowest BCUT2D eigenvalue weighted by Crippen LogP contribution is -2.61. The Kier molecular flexibility index (Phi) is 10.7. The van der Waals surface area contributed by atoms with Crippen molar-refractivity contribution in [2.75, 3.05) is 6.61 Å². The van der Waals surface area contributed by atoms with E-state index in [9.17, 15) is 39.6 Å². The fraction of sp³-hybridized carbons (Fsp3) is 0.500. The Hall–Kier alpha value is -3.26. The second-order valence-electron chi connectivity index (χ2n) is 7.51. The van der Waals surface area contributed by atoms with E-state index in [-0.39, 0.29) is 12.2 Å². The van der Waals surface area contributed by atoms with E-state index >= 15 is 0 Å². The predicted octanol–water partition coefficient (Wildman–Crippen LogP) is -3.45. The molecule has 0 aliphatic rings. The molecule has 0 heterocycles. The number of carboxylic acids is 1. The minimum Gasteiger partial charge on any atom is -0.508 e. The highest BCUT2D eigenvalue weighted by atomic mass is 16.4. The first-order chi connectivity index (χ1) is 15.4. The number of nitrogens with two attached hydrogens (primary N) is 1. The number of carboxylic acid groups (broad SMARTS) is 1. The Morgan fingerprint density at radius 2 is 1.39 bits per heavy atom. The van der Waals surface area contributed by atoms with Gasteiger partial charge in [-0.15, -0.1) is 0 Å². The van der Waals surface area contributed by atoms with Crippen molar-refractivity contribution in [2.45, 2.75) is 56.6 Å². The van der Waals surface area contributed by atoms with Gasteiger partial charge in [0.25, 0.3) is 0 Å². The second-order valence-corrected chi connectivity index (χ2v) is 7.51. The molecule has 13 nitrogen and oxygen atoms in total. The minimum atomic E-state index is -1.69. The maximum atomic E-state index is 12.5. The number of hydrogen-bond donors (Lipinski definition) is 9. The number of phenols is 1. The molecule has 1 rings (SSSR count). The van der Waals surface area contributed by atoms with Crippen molar-refractivity contribution >= 4 is 23.7 Å². The van der Waals surface area contributed by atoms with Crippen molar-refractivity contribution in [2.24, 2.45) is 5.73 Å². The van der Waals surface area contributed by atoms with Crippen LogP contribution in [0.1, 0.15) is 19.4 Å². The third kappa shape index (κ3) is 8.65. The number of aliphatic hydroxyl groups is 3. The van der Waals surface area contributed by atoms with E-state index in [1.165, 1.54) is 12.1 Å². The first-order valence-electron chi connectivity index (χ1n) is 10.0. The van der Waals surface area contributed by atoms with Gasteiger partial charge in [-0.3, -0.25) is 14.4 Å². The lowest BCUT2D eigenvalue weighted by molar-refractivity contribution is -0.146. The van der Waals surface area contributed by atoms with Gasteiger partial charge in [0.05, 0.1) is 24.9 Å². The number of aromatic hydroxyl groups is 1. The van der Waals surface area contributed by atoms with Crippen LogP contribution in [0.4, 0.5) is 0 Å². The molecule has 0 aliphatic carbocycles. The number of aliphatic carboxylic acids is 1. The summed E-state index contributed by atoms with van der Waals surface area (Å²) in [7, 11) is 0. The molecule has 10 N–H and O–H groups in total. The van der Waals surface area contributed by atoms with Crippen LogP contribution in [-0.2, 0) is 25.6 Å². The monoisotopic (exact) mass is 470 g/mol. The number of amides is 3. The van der Waals surface area contributed by atoms with Crippen LogP contribution in [0.3, 0.4) is 0 Å². The van der Waals surface area contributed by atoms with Crippen molar-refractivity contribution in [1.29, 1.82) is 0 Å². The lowest BCUT2D eigenvalue weighted by Gasteiger charge is -2.26. The molecule has 1 aromatic rings. The van der Waals surface area contributed by atoms with Crippen LogP contribution >= 0.6 is 0 Å². The van der Waals surface area contributed by atoms with Gasteiger partial charge in [0, 0.05) is 0 Å². The summed E-state index contributed by atoms with van der Waals surface area (Å²) in [4.78, 5) is 48.3. The summed E-state index contributed by atoms with van der Waals surface area (Å²) in [6, 6.07) is -0.0183. The molecule has 0 spiro atoms. The zero-order chi connectivity index (χ0) is 25.3. The van der Waals surface area contributed by atoms with E-state index in [0.29, 0.717) is 5.56 Å². The summed E-state index contributed by atoms with van der Waals surface area (Å²) < 4.78 is 0. The summed E-state index contributed by atoms with van der Waals surface area (Å²) in [5, 5.41) is 53.6. The van der Waals surface area contributed by atoms with Gasteiger partial charge in [-0.25, -0.2) is 4.79 Å². The van der Waals surface area contributed by atoms with Crippen LogP contribution < -0.4 is 21.7 Å². The Balaban J connectivity index is 2.80. The Labute approximate surface area is 189 Å². The number of carbonyl (C=O) groups is 4. The van der Waals surface area contributed by atoms with Gasteiger partial charge in [0.15, 0.2) is 6.04 Å². The summed E-state index contributed by atoms with van der Waals surface area (Å²) in [5.74, 6) is -4.41. The molecule has 184 valence electrons. The quantitative estimate of drug-likeness (QED) is 0.147. The van der Waals surface area contributed by atoms with Gasteiger partial charge in [0.1, 0.15) is 17.8 Å². The second kappa shape index (κ2) is 12.7. The van der Waals surface area contributed by atoms with Crippen LogP contribution in [-0.4, -0.2) is 92.2 Å². The highest BCUT2D eigenvalue weighted by molar-refractivity contribution is 5.94. The molecule has 0 fully saturated rings. The summed E-state index contributed by atoms with van der Waals surface area (Å²) >= 11 is 0. The average Bonchev–Trinajstić information content (AvgIpc) is 2.74. The topological polar surface area (TPSA) is 232 Å². The largest absolute Gasteiger partial charge is 0.508 e. The van der Waals surface area contributed by atoms with Gasteiger partial charge in [-0.1, -0.05) is 12.1 Å². The van der Waals surface area contributed by atoms with Gasteiger partial charge >= 0.3 is 5.97 Å². The maximum absolute atomic E-state index is 12.5. The van der Waals surface area contributed by atoms with E-state index in [2.05, 4.69) is 10.6 Å². The number of aliphatic hydroxyl groups excluding tert-OH is 3. The third-order valence-corrected chi connectivity index (χ3v) is 4.65. The number of benzene rings is 1. The molecular weight excluding hydrogens is 440 g/mol. The van der Waals surface area contributed by atoms with Gasteiger partial charge < -0.3 is 47.2 Å². The fourth-order valence-electron chi connectivity index (χ4n) is 2.74. The van der Waals surface area contributed by atoms with Crippen LogP contribution in [0.15, 0.2) is 24.3 Å². The van der Waals surface area contributed by atoms with Crippen LogP contribution in [0, 0.1) is 0 Å². The zero-order valence-corrected chi connectivity index (χ0v) is 18.1. The number of phenolic OH excluding ortho intramolecular Hbond substituents is 1. The number of hydrogen-bond acceptors (Lipinski definition) is 9. The molecule has 33 heavy (non-hydrogen) atoms. The van der Waals surface area contributed by atoms with Crippen molar-refractivity contribution in [3.8, 4) is 5.75 Å². The number of rotatable bonds is 12. The molecule has 0 bridgehead atoms. The van der Waals surface area contributed by atoms with Crippen LogP contribution in [0.25, 0.3) is 0 Å². The molecule has 0 radical (unpaired) electrons. The van der Waals surface area contributed by atoms with E-state index < -0.39 is 66.7 Å². The van der Waals surface area contributed by atoms with E-state index in [0.717, 1.165) is 13.8 Å². The molecule has 0 aromatic heterocycles. The maximum Gasteiger partial charge on any atom is 0.328 e. The molecule has 1 aromatic carbocycles.